The van der Waals surface area contributed by atoms with E-state index in [1.165, 1.54) is 15.6 Å². The van der Waals surface area contributed by atoms with Crippen molar-refractivity contribution in [1.82, 2.24) is 14.9 Å². The number of hydrogen-bond donors (Lipinski definition) is 2. The van der Waals surface area contributed by atoms with Gasteiger partial charge in [-0.15, -0.1) is 22.7 Å². The van der Waals surface area contributed by atoms with Crippen molar-refractivity contribution in [3.05, 3.63) is 52.3 Å². The molecule has 0 spiro atoms. The molecular weight excluding hydrogens is 464 g/mol. The highest BCUT2D eigenvalue weighted by Crippen LogP contribution is 2.36. The number of aromatic amines is 1. The number of aromatic nitrogens is 2. The van der Waals surface area contributed by atoms with Crippen LogP contribution in [-0.2, 0) is 16.6 Å². The fourth-order valence-corrected chi connectivity index (χ4v) is 7.37. The SMILES string of the molecule is Cc1ccc(N(C)S(=O)(=O)c2cccs2)c2[nH]c(-c3ncc(CN4CCC(O)C4)s3)cc12. The number of aliphatic hydroxyl groups excluding tert-OH is 1. The van der Waals surface area contributed by atoms with Gasteiger partial charge in [0.1, 0.15) is 9.22 Å². The lowest BCUT2D eigenvalue weighted by Crippen LogP contribution is -2.26. The number of β-amino-alcohol motifs (C(OH)–C–C–N with tert-alkyl or cyclic N) is 1. The number of H-pyrrole nitrogens is 1. The minimum Gasteiger partial charge on any atom is -0.392 e. The molecule has 7 nitrogen and oxygen atoms in total. The van der Waals surface area contributed by atoms with Crippen LogP contribution < -0.4 is 4.31 Å². The van der Waals surface area contributed by atoms with Crippen molar-refractivity contribution in [1.29, 1.82) is 0 Å². The van der Waals surface area contributed by atoms with E-state index in [4.69, 9.17) is 0 Å². The predicted octanol–water partition coefficient (Wildman–Crippen LogP) is 4.05. The van der Waals surface area contributed by atoms with E-state index >= 15 is 0 Å². The minimum atomic E-state index is -3.63. The Hall–Kier alpha value is -2.24. The quantitative estimate of drug-likeness (QED) is 0.427. The van der Waals surface area contributed by atoms with Crippen LogP contribution in [0.5, 0.6) is 0 Å². The van der Waals surface area contributed by atoms with E-state index in [0.717, 1.165) is 51.6 Å². The molecule has 4 heterocycles. The average Bonchev–Trinajstić information content (AvgIpc) is 3.55. The second kappa shape index (κ2) is 8.27. The zero-order chi connectivity index (χ0) is 22.5. The largest absolute Gasteiger partial charge is 0.392 e. The van der Waals surface area contributed by atoms with Crippen LogP contribution in [0.4, 0.5) is 5.69 Å². The number of nitrogens with zero attached hydrogens (tertiary/aromatic N) is 3. The summed E-state index contributed by atoms with van der Waals surface area (Å²) in [5, 5.41) is 13.4. The van der Waals surface area contributed by atoms with Crippen LogP contribution in [0.1, 0.15) is 16.9 Å². The molecule has 5 rings (SSSR count). The molecule has 0 saturated carbocycles. The Morgan fingerprint density at radius 1 is 1.34 bits per heavy atom. The van der Waals surface area contributed by atoms with E-state index in [9.17, 15) is 13.5 Å². The molecule has 0 aliphatic carbocycles. The summed E-state index contributed by atoms with van der Waals surface area (Å²) < 4.78 is 27.8. The molecule has 1 saturated heterocycles. The molecule has 1 fully saturated rings. The van der Waals surface area contributed by atoms with Crippen LogP contribution in [0.15, 0.2) is 46.1 Å². The number of nitrogens with one attached hydrogen (secondary N) is 1. The molecule has 1 atom stereocenters. The lowest BCUT2D eigenvalue weighted by Gasteiger charge is -2.19. The molecular formula is C22H24N4O3S3. The topological polar surface area (TPSA) is 89.5 Å². The molecule has 1 aromatic carbocycles. The third kappa shape index (κ3) is 3.86. The molecule has 0 radical (unpaired) electrons. The van der Waals surface area contributed by atoms with E-state index in [1.54, 1.807) is 35.9 Å². The highest BCUT2D eigenvalue weighted by Gasteiger charge is 2.25. The van der Waals surface area contributed by atoms with Gasteiger partial charge in [-0.1, -0.05) is 12.1 Å². The van der Waals surface area contributed by atoms with Crippen molar-refractivity contribution in [3.63, 3.8) is 0 Å². The van der Waals surface area contributed by atoms with Crippen LogP contribution in [0.25, 0.3) is 21.6 Å². The van der Waals surface area contributed by atoms with Crippen LogP contribution in [-0.4, -0.2) is 54.6 Å². The van der Waals surface area contributed by atoms with Crippen molar-refractivity contribution in [2.75, 3.05) is 24.4 Å². The van der Waals surface area contributed by atoms with E-state index in [1.807, 2.05) is 31.3 Å². The van der Waals surface area contributed by atoms with Crippen molar-refractivity contribution >= 4 is 49.3 Å². The highest BCUT2D eigenvalue weighted by atomic mass is 32.2. The highest BCUT2D eigenvalue weighted by molar-refractivity contribution is 7.94. The molecule has 4 aromatic rings. The number of fused-ring (bicyclic) bond motifs is 1. The smallest absolute Gasteiger partial charge is 0.273 e. The molecule has 32 heavy (non-hydrogen) atoms. The first kappa shape index (κ1) is 21.6. The van der Waals surface area contributed by atoms with Gasteiger partial charge in [0.25, 0.3) is 10.0 Å². The van der Waals surface area contributed by atoms with Crippen LogP contribution in [0, 0.1) is 6.92 Å². The fourth-order valence-electron chi connectivity index (χ4n) is 4.08. The van der Waals surface area contributed by atoms with Gasteiger partial charge >= 0.3 is 0 Å². The molecule has 1 aliphatic rings. The van der Waals surface area contributed by atoms with Crippen molar-refractivity contribution in [2.45, 2.75) is 30.2 Å². The maximum absolute atomic E-state index is 13.1. The lowest BCUT2D eigenvalue weighted by molar-refractivity contribution is 0.175. The summed E-state index contributed by atoms with van der Waals surface area (Å²) in [6.45, 7) is 4.39. The van der Waals surface area contributed by atoms with Crippen molar-refractivity contribution < 1.29 is 13.5 Å². The van der Waals surface area contributed by atoms with Gasteiger partial charge in [-0.05, 0) is 42.5 Å². The summed E-state index contributed by atoms with van der Waals surface area (Å²) >= 11 is 2.83. The van der Waals surface area contributed by atoms with Crippen LogP contribution >= 0.6 is 22.7 Å². The number of likely N-dealkylation sites (tertiary alicyclic amines) is 1. The Labute approximate surface area is 195 Å². The first-order chi connectivity index (χ1) is 15.3. The first-order valence-electron chi connectivity index (χ1n) is 10.3. The molecule has 1 aliphatic heterocycles. The summed E-state index contributed by atoms with van der Waals surface area (Å²) in [6.07, 6.45) is 2.47. The van der Waals surface area contributed by atoms with Gasteiger partial charge in [-0.3, -0.25) is 9.21 Å². The van der Waals surface area contributed by atoms with Gasteiger partial charge in [-0.25, -0.2) is 13.4 Å². The predicted molar refractivity (Wildman–Crippen MR) is 130 cm³/mol. The average molecular weight is 489 g/mol. The van der Waals surface area contributed by atoms with Crippen molar-refractivity contribution in [3.8, 4) is 10.7 Å². The number of thiazole rings is 1. The number of aryl methyl sites for hydroxylation is 1. The number of thiophene rings is 1. The van der Waals surface area contributed by atoms with Gasteiger partial charge in [-0.2, -0.15) is 0 Å². The molecule has 1 unspecified atom stereocenters. The molecule has 168 valence electrons. The number of aliphatic hydroxyl groups is 1. The second-order valence-electron chi connectivity index (χ2n) is 8.09. The normalized spacial score (nSPS) is 17.4. The number of anilines is 1. The van der Waals surface area contributed by atoms with Gasteiger partial charge in [0.2, 0.25) is 0 Å². The van der Waals surface area contributed by atoms with E-state index < -0.39 is 10.0 Å². The maximum atomic E-state index is 13.1. The Morgan fingerprint density at radius 2 is 2.19 bits per heavy atom. The summed E-state index contributed by atoms with van der Waals surface area (Å²) in [4.78, 5) is 11.4. The van der Waals surface area contributed by atoms with Crippen LogP contribution in [0.3, 0.4) is 0 Å². The Balaban J connectivity index is 1.49. The number of rotatable bonds is 6. The fraction of sp³-hybridized carbons (Fsp3) is 0.318. The number of benzene rings is 1. The van der Waals surface area contributed by atoms with Crippen molar-refractivity contribution in [2.24, 2.45) is 0 Å². The molecule has 10 heteroatoms. The maximum Gasteiger partial charge on any atom is 0.273 e. The Bertz CT molecular complexity index is 1360. The van der Waals surface area contributed by atoms with Crippen LogP contribution in [0.2, 0.25) is 0 Å². The second-order valence-corrected chi connectivity index (χ2v) is 12.3. The molecule has 3 aromatic heterocycles. The zero-order valence-corrected chi connectivity index (χ0v) is 20.2. The molecule has 2 N–H and O–H groups in total. The zero-order valence-electron chi connectivity index (χ0n) is 17.8. The van der Waals surface area contributed by atoms with Gasteiger partial charge in [0.05, 0.1) is 23.0 Å². The first-order valence-corrected chi connectivity index (χ1v) is 13.5. The standard InChI is InChI=1S/C22H24N4O3S3/c1-14-5-6-19(25(2)32(28,29)20-4-3-9-30-20)21-17(14)10-18(24-21)22-23-11-16(31-22)13-26-8-7-15(27)12-26/h3-6,9-11,15,24,27H,7-8,12-13H2,1-2H3. The summed E-state index contributed by atoms with van der Waals surface area (Å²) in [5.41, 5.74) is 3.32. The van der Waals surface area contributed by atoms with E-state index in [0.29, 0.717) is 16.4 Å². The van der Waals surface area contributed by atoms with Gasteiger partial charge < -0.3 is 10.1 Å². The third-order valence-corrected chi connectivity index (χ3v) is 10.0. The third-order valence-electron chi connectivity index (χ3n) is 5.85. The summed E-state index contributed by atoms with van der Waals surface area (Å²) in [7, 11) is -2.04. The minimum absolute atomic E-state index is 0.236. The Kier molecular flexibility index (Phi) is 5.58. The summed E-state index contributed by atoms with van der Waals surface area (Å²) in [5.74, 6) is 0. The lowest BCUT2D eigenvalue weighted by atomic mass is 10.1. The molecule has 0 bridgehead atoms. The van der Waals surface area contributed by atoms with Gasteiger partial charge in [0.15, 0.2) is 0 Å². The van der Waals surface area contributed by atoms with E-state index in [-0.39, 0.29) is 6.10 Å². The number of hydrogen-bond acceptors (Lipinski definition) is 7. The molecule has 0 amide bonds. The monoisotopic (exact) mass is 488 g/mol. The summed E-state index contributed by atoms with van der Waals surface area (Å²) in [6, 6.07) is 9.20. The Morgan fingerprint density at radius 3 is 2.91 bits per heavy atom. The van der Waals surface area contributed by atoms with Gasteiger partial charge in [0, 0.05) is 43.1 Å². The number of sulfonamides is 1. The van der Waals surface area contributed by atoms with E-state index in [2.05, 4.69) is 14.9 Å².